The van der Waals surface area contributed by atoms with Gasteiger partial charge < -0.3 is 4.74 Å². The number of nitrogens with zero attached hydrogens (tertiary/aromatic N) is 1. The summed E-state index contributed by atoms with van der Waals surface area (Å²) in [4.78, 5) is 11.9. The molecule has 1 aromatic carbocycles. The monoisotopic (exact) mass is 358 g/mol. The Morgan fingerprint density at radius 1 is 1.48 bits per heavy atom. The molecule has 0 aliphatic carbocycles. The number of amides is 1. The van der Waals surface area contributed by atoms with E-state index in [9.17, 15) is 13.2 Å². The number of sulfone groups is 1. The maximum atomic E-state index is 11.9. The summed E-state index contributed by atoms with van der Waals surface area (Å²) in [7, 11) is -1.44. The van der Waals surface area contributed by atoms with Gasteiger partial charge >= 0.3 is 0 Å². The van der Waals surface area contributed by atoms with E-state index in [1.54, 1.807) is 32.2 Å². The van der Waals surface area contributed by atoms with Gasteiger partial charge in [0.2, 0.25) is 5.91 Å². The molecule has 0 aromatic heterocycles. The van der Waals surface area contributed by atoms with E-state index in [0.717, 1.165) is 0 Å². The molecule has 126 valence electrons. The number of carbonyl (C=O) groups is 1. The highest BCUT2D eigenvalue weighted by atomic mass is 35.5. The van der Waals surface area contributed by atoms with Gasteiger partial charge in [0.25, 0.3) is 0 Å². The zero-order chi connectivity index (χ0) is 17.0. The van der Waals surface area contributed by atoms with Crippen molar-refractivity contribution in [3.05, 3.63) is 28.8 Å². The average molecular weight is 359 g/mol. The van der Waals surface area contributed by atoms with Gasteiger partial charge in [-0.15, -0.1) is 0 Å². The van der Waals surface area contributed by atoms with E-state index in [-0.39, 0.29) is 29.8 Å². The Morgan fingerprint density at radius 2 is 2.22 bits per heavy atom. The van der Waals surface area contributed by atoms with E-state index in [2.05, 4.69) is 10.5 Å². The van der Waals surface area contributed by atoms with Crippen LogP contribution in [0.4, 0.5) is 0 Å². The predicted molar refractivity (Wildman–Crippen MR) is 89.7 cm³/mol. The van der Waals surface area contributed by atoms with Crippen LogP contribution < -0.4 is 10.2 Å². The van der Waals surface area contributed by atoms with Crippen molar-refractivity contribution < 1.29 is 17.9 Å². The molecule has 1 aliphatic rings. The van der Waals surface area contributed by atoms with E-state index < -0.39 is 9.84 Å². The first-order chi connectivity index (χ1) is 10.8. The number of nitrogens with one attached hydrogen (secondary N) is 1. The molecule has 0 saturated carbocycles. The summed E-state index contributed by atoms with van der Waals surface area (Å²) in [6.45, 7) is 1.73. The standard InChI is InChI=1S/C15H19ClN2O4S/c1-10(13-8-12(16)3-4-14(13)22-2)17-18-15(19)7-11-5-6-23(20,21)9-11/h3-4,8,11H,5-7,9H2,1-2H3,(H,18,19)/b17-10-/t11-/m1/s1. The lowest BCUT2D eigenvalue weighted by atomic mass is 10.1. The molecule has 8 heteroatoms. The van der Waals surface area contributed by atoms with Gasteiger partial charge in [-0.1, -0.05) is 11.6 Å². The van der Waals surface area contributed by atoms with Crippen LogP contribution >= 0.6 is 11.6 Å². The molecule has 1 aliphatic heterocycles. The largest absolute Gasteiger partial charge is 0.496 e. The first-order valence-electron chi connectivity index (χ1n) is 7.18. The zero-order valence-electron chi connectivity index (χ0n) is 13.0. The molecule has 0 unspecified atom stereocenters. The minimum Gasteiger partial charge on any atom is -0.496 e. The number of halogens is 1. The Hall–Kier alpha value is -1.60. The highest BCUT2D eigenvalue weighted by Gasteiger charge is 2.29. The topological polar surface area (TPSA) is 84.8 Å². The minimum atomic E-state index is -2.98. The summed E-state index contributed by atoms with van der Waals surface area (Å²) < 4.78 is 28.0. The fraction of sp³-hybridized carbons (Fsp3) is 0.467. The number of hydrazone groups is 1. The summed E-state index contributed by atoms with van der Waals surface area (Å²) in [6, 6.07) is 5.13. The quantitative estimate of drug-likeness (QED) is 0.644. The Bertz CT molecular complexity index is 731. The second-order valence-electron chi connectivity index (χ2n) is 5.55. The second kappa shape index (κ2) is 7.31. The molecule has 1 heterocycles. The molecule has 1 N–H and O–H groups in total. The van der Waals surface area contributed by atoms with Gasteiger partial charge in [-0.05, 0) is 37.5 Å². The maximum Gasteiger partial charge on any atom is 0.240 e. The van der Waals surface area contributed by atoms with Crippen molar-refractivity contribution in [2.45, 2.75) is 19.8 Å². The van der Waals surface area contributed by atoms with Crippen LogP contribution in [-0.2, 0) is 14.6 Å². The number of carbonyl (C=O) groups excluding carboxylic acids is 1. The van der Waals surface area contributed by atoms with Crippen molar-refractivity contribution >= 4 is 33.1 Å². The van der Waals surface area contributed by atoms with Crippen LogP contribution in [0.1, 0.15) is 25.3 Å². The van der Waals surface area contributed by atoms with Crippen LogP contribution in [0.2, 0.25) is 5.02 Å². The normalized spacial score (nSPS) is 20.3. The molecule has 0 radical (unpaired) electrons. The molecule has 1 amide bonds. The Labute approximate surface area is 140 Å². The predicted octanol–water partition coefficient (Wildman–Crippen LogP) is 2.01. The van der Waals surface area contributed by atoms with Crippen LogP contribution in [-0.4, -0.2) is 38.7 Å². The maximum absolute atomic E-state index is 11.9. The Morgan fingerprint density at radius 3 is 2.83 bits per heavy atom. The molecule has 1 fully saturated rings. The van der Waals surface area contributed by atoms with Crippen LogP contribution in [0.15, 0.2) is 23.3 Å². The van der Waals surface area contributed by atoms with Gasteiger partial charge in [0, 0.05) is 17.0 Å². The van der Waals surface area contributed by atoms with Gasteiger partial charge in [0.1, 0.15) is 5.75 Å². The summed E-state index contributed by atoms with van der Waals surface area (Å²) in [5, 5.41) is 4.59. The lowest BCUT2D eigenvalue weighted by Crippen LogP contribution is -2.22. The molecule has 23 heavy (non-hydrogen) atoms. The SMILES string of the molecule is COc1ccc(Cl)cc1/C(C)=N\NC(=O)C[C@H]1CCS(=O)(=O)C1. The highest BCUT2D eigenvalue weighted by molar-refractivity contribution is 7.91. The summed E-state index contributed by atoms with van der Waals surface area (Å²) in [5.41, 5.74) is 3.70. The second-order valence-corrected chi connectivity index (χ2v) is 8.22. The Balaban J connectivity index is 1.99. The van der Waals surface area contributed by atoms with Gasteiger partial charge in [-0.3, -0.25) is 4.79 Å². The van der Waals surface area contributed by atoms with E-state index >= 15 is 0 Å². The fourth-order valence-corrected chi connectivity index (χ4v) is 4.54. The first kappa shape index (κ1) is 17.7. The average Bonchev–Trinajstić information content (AvgIpc) is 2.83. The molecular weight excluding hydrogens is 340 g/mol. The van der Waals surface area contributed by atoms with Crippen molar-refractivity contribution in [1.82, 2.24) is 5.43 Å². The summed E-state index contributed by atoms with van der Waals surface area (Å²) in [5.74, 6) is 0.411. The molecule has 1 saturated heterocycles. The van der Waals surface area contributed by atoms with E-state index in [1.165, 1.54) is 0 Å². The third-order valence-electron chi connectivity index (χ3n) is 3.70. The van der Waals surface area contributed by atoms with Crippen molar-refractivity contribution in [3.8, 4) is 5.75 Å². The molecule has 0 bridgehead atoms. The number of rotatable bonds is 5. The van der Waals surface area contributed by atoms with Crippen molar-refractivity contribution in [1.29, 1.82) is 0 Å². The molecule has 2 rings (SSSR count). The van der Waals surface area contributed by atoms with Gasteiger partial charge in [-0.2, -0.15) is 5.10 Å². The molecule has 1 atom stereocenters. The smallest absolute Gasteiger partial charge is 0.240 e. The number of hydrogen-bond acceptors (Lipinski definition) is 5. The summed E-state index contributed by atoms with van der Waals surface area (Å²) in [6.07, 6.45) is 0.684. The molecule has 6 nitrogen and oxygen atoms in total. The van der Waals surface area contributed by atoms with Crippen LogP contribution in [0.3, 0.4) is 0 Å². The third-order valence-corrected chi connectivity index (χ3v) is 5.77. The third kappa shape index (κ3) is 4.94. The first-order valence-corrected chi connectivity index (χ1v) is 9.38. The van der Waals surface area contributed by atoms with E-state index in [1.807, 2.05) is 0 Å². The lowest BCUT2D eigenvalue weighted by Gasteiger charge is -2.09. The number of ether oxygens (including phenoxy) is 1. The molecular formula is C15H19ClN2O4S. The van der Waals surface area contributed by atoms with Gasteiger partial charge in [-0.25, -0.2) is 13.8 Å². The van der Waals surface area contributed by atoms with Crippen LogP contribution in [0.5, 0.6) is 5.75 Å². The van der Waals surface area contributed by atoms with Crippen LogP contribution in [0.25, 0.3) is 0 Å². The highest BCUT2D eigenvalue weighted by Crippen LogP contribution is 2.23. The zero-order valence-corrected chi connectivity index (χ0v) is 14.6. The minimum absolute atomic E-state index is 0.0746. The fourth-order valence-electron chi connectivity index (χ4n) is 2.51. The van der Waals surface area contributed by atoms with Crippen molar-refractivity contribution in [3.63, 3.8) is 0 Å². The molecule has 1 aromatic rings. The van der Waals surface area contributed by atoms with E-state index in [4.69, 9.17) is 16.3 Å². The summed E-state index contributed by atoms with van der Waals surface area (Å²) >= 11 is 5.97. The van der Waals surface area contributed by atoms with Crippen molar-refractivity contribution in [2.24, 2.45) is 11.0 Å². The Kier molecular flexibility index (Phi) is 5.64. The van der Waals surface area contributed by atoms with E-state index in [0.29, 0.717) is 28.5 Å². The van der Waals surface area contributed by atoms with Crippen LogP contribution in [0, 0.1) is 5.92 Å². The lowest BCUT2D eigenvalue weighted by molar-refractivity contribution is -0.121. The van der Waals surface area contributed by atoms with Gasteiger partial charge in [0.05, 0.1) is 24.3 Å². The number of hydrogen-bond donors (Lipinski definition) is 1. The number of benzene rings is 1. The molecule has 0 spiro atoms. The van der Waals surface area contributed by atoms with Crippen molar-refractivity contribution in [2.75, 3.05) is 18.6 Å². The van der Waals surface area contributed by atoms with Gasteiger partial charge in [0.15, 0.2) is 9.84 Å². The number of methoxy groups -OCH3 is 1.